The third-order valence-corrected chi connectivity index (χ3v) is 4.42. The van der Waals surface area contributed by atoms with Crippen LogP contribution in [0.2, 0.25) is 0 Å². The minimum atomic E-state index is 0.786. The molecule has 0 unspecified atom stereocenters. The molecule has 0 spiro atoms. The average molecular weight is 275 g/mol. The highest BCUT2D eigenvalue weighted by molar-refractivity contribution is 5.29. The zero-order chi connectivity index (χ0) is 13.6. The molecule has 2 fully saturated rings. The second-order valence-electron chi connectivity index (χ2n) is 5.81. The standard InChI is InChI=1S/C15H25N5/c1-2-5-14(4-1)16-8-9-19-10-12-20(13-11-19)15-17-6-3-7-18-15/h3,6-7,14,16H,1-2,4-5,8-13H2. The summed E-state index contributed by atoms with van der Waals surface area (Å²) in [7, 11) is 0. The van der Waals surface area contributed by atoms with Crippen LogP contribution in [-0.2, 0) is 0 Å². The molecule has 5 nitrogen and oxygen atoms in total. The summed E-state index contributed by atoms with van der Waals surface area (Å²) in [5.41, 5.74) is 0. The Morgan fingerprint density at radius 3 is 2.45 bits per heavy atom. The van der Waals surface area contributed by atoms with E-state index in [1.807, 2.05) is 18.5 Å². The Balaban J connectivity index is 1.36. The molecule has 1 aliphatic carbocycles. The molecule has 0 aromatic carbocycles. The minimum Gasteiger partial charge on any atom is -0.338 e. The van der Waals surface area contributed by atoms with E-state index in [1.54, 1.807) is 0 Å². The Morgan fingerprint density at radius 1 is 1.05 bits per heavy atom. The molecule has 5 heteroatoms. The van der Waals surface area contributed by atoms with Gasteiger partial charge in [0.2, 0.25) is 5.95 Å². The quantitative estimate of drug-likeness (QED) is 0.873. The Labute approximate surface area is 121 Å². The lowest BCUT2D eigenvalue weighted by molar-refractivity contribution is 0.253. The van der Waals surface area contributed by atoms with E-state index in [2.05, 4.69) is 25.1 Å². The molecule has 110 valence electrons. The van der Waals surface area contributed by atoms with Gasteiger partial charge in [0.05, 0.1) is 0 Å². The summed E-state index contributed by atoms with van der Waals surface area (Å²) < 4.78 is 0. The Morgan fingerprint density at radius 2 is 1.75 bits per heavy atom. The van der Waals surface area contributed by atoms with Crippen LogP contribution in [0.25, 0.3) is 0 Å². The monoisotopic (exact) mass is 275 g/mol. The van der Waals surface area contributed by atoms with Crippen LogP contribution >= 0.6 is 0 Å². The topological polar surface area (TPSA) is 44.3 Å². The van der Waals surface area contributed by atoms with E-state index in [9.17, 15) is 0 Å². The SMILES string of the molecule is c1cnc(N2CCN(CCNC3CCCC3)CC2)nc1. The summed E-state index contributed by atoms with van der Waals surface area (Å²) >= 11 is 0. The van der Waals surface area contributed by atoms with Gasteiger partial charge >= 0.3 is 0 Å². The largest absolute Gasteiger partial charge is 0.338 e. The molecule has 1 saturated heterocycles. The second-order valence-corrected chi connectivity index (χ2v) is 5.81. The summed E-state index contributed by atoms with van der Waals surface area (Å²) in [4.78, 5) is 13.5. The van der Waals surface area contributed by atoms with Crippen LogP contribution in [0.1, 0.15) is 25.7 Å². The fraction of sp³-hybridized carbons (Fsp3) is 0.733. The van der Waals surface area contributed by atoms with Gasteiger partial charge < -0.3 is 10.2 Å². The van der Waals surface area contributed by atoms with E-state index in [0.29, 0.717) is 0 Å². The first-order valence-electron chi connectivity index (χ1n) is 7.89. The molecule has 0 bridgehead atoms. The number of nitrogens with zero attached hydrogens (tertiary/aromatic N) is 4. The van der Waals surface area contributed by atoms with Crippen LogP contribution in [0.5, 0.6) is 0 Å². The molecular formula is C15H25N5. The first-order chi connectivity index (χ1) is 9.92. The smallest absolute Gasteiger partial charge is 0.225 e. The predicted octanol–water partition coefficient (Wildman–Crippen LogP) is 1.13. The number of nitrogens with one attached hydrogen (secondary N) is 1. The fourth-order valence-corrected chi connectivity index (χ4v) is 3.18. The lowest BCUT2D eigenvalue weighted by atomic mass is 10.2. The van der Waals surface area contributed by atoms with Crippen LogP contribution in [0.3, 0.4) is 0 Å². The Hall–Kier alpha value is -1.20. The summed E-state index contributed by atoms with van der Waals surface area (Å²) in [6.07, 6.45) is 9.21. The lowest BCUT2D eigenvalue weighted by Gasteiger charge is -2.34. The van der Waals surface area contributed by atoms with Gasteiger partial charge in [0.15, 0.2) is 0 Å². The van der Waals surface area contributed by atoms with Crippen molar-refractivity contribution in [2.24, 2.45) is 0 Å². The van der Waals surface area contributed by atoms with E-state index < -0.39 is 0 Å². The highest BCUT2D eigenvalue weighted by Gasteiger charge is 2.19. The maximum absolute atomic E-state index is 4.33. The lowest BCUT2D eigenvalue weighted by Crippen LogP contribution is -2.49. The van der Waals surface area contributed by atoms with Gasteiger partial charge in [-0.25, -0.2) is 9.97 Å². The molecule has 2 heterocycles. The average Bonchev–Trinajstić information content (AvgIpc) is 3.02. The summed E-state index contributed by atoms with van der Waals surface area (Å²) in [6, 6.07) is 2.66. The van der Waals surface area contributed by atoms with E-state index in [0.717, 1.165) is 44.7 Å². The molecule has 1 aromatic rings. The highest BCUT2D eigenvalue weighted by Crippen LogP contribution is 2.17. The molecular weight excluding hydrogens is 250 g/mol. The van der Waals surface area contributed by atoms with Crippen molar-refractivity contribution in [1.29, 1.82) is 0 Å². The van der Waals surface area contributed by atoms with Gasteiger partial charge in [-0.3, -0.25) is 4.90 Å². The molecule has 20 heavy (non-hydrogen) atoms. The van der Waals surface area contributed by atoms with E-state index in [1.165, 1.54) is 32.2 Å². The fourth-order valence-electron chi connectivity index (χ4n) is 3.18. The summed E-state index contributed by atoms with van der Waals surface area (Å²) in [6.45, 7) is 6.60. The van der Waals surface area contributed by atoms with Gasteiger partial charge in [-0.2, -0.15) is 0 Å². The molecule has 0 radical (unpaired) electrons. The van der Waals surface area contributed by atoms with Crippen molar-refractivity contribution >= 4 is 5.95 Å². The van der Waals surface area contributed by atoms with Gasteiger partial charge in [-0.1, -0.05) is 12.8 Å². The zero-order valence-corrected chi connectivity index (χ0v) is 12.2. The van der Waals surface area contributed by atoms with Crippen LogP contribution in [-0.4, -0.2) is 60.2 Å². The number of piperazine rings is 1. The van der Waals surface area contributed by atoms with Gasteiger partial charge in [0.1, 0.15) is 0 Å². The van der Waals surface area contributed by atoms with E-state index in [4.69, 9.17) is 0 Å². The molecule has 1 N–H and O–H groups in total. The van der Waals surface area contributed by atoms with Crippen LogP contribution in [0, 0.1) is 0 Å². The summed E-state index contributed by atoms with van der Waals surface area (Å²) in [5, 5.41) is 3.69. The van der Waals surface area contributed by atoms with Gasteiger partial charge in [-0.05, 0) is 18.9 Å². The Bertz CT molecular complexity index is 383. The van der Waals surface area contributed by atoms with Crippen LogP contribution in [0.15, 0.2) is 18.5 Å². The third-order valence-electron chi connectivity index (χ3n) is 4.42. The normalized spacial score (nSPS) is 21.5. The van der Waals surface area contributed by atoms with Gasteiger partial charge in [0, 0.05) is 57.7 Å². The number of anilines is 1. The van der Waals surface area contributed by atoms with E-state index >= 15 is 0 Å². The van der Waals surface area contributed by atoms with Crippen molar-refractivity contribution in [3.63, 3.8) is 0 Å². The highest BCUT2D eigenvalue weighted by atomic mass is 15.3. The first kappa shape index (κ1) is 13.8. The molecule has 0 amide bonds. The minimum absolute atomic E-state index is 0.786. The van der Waals surface area contributed by atoms with Crippen LogP contribution < -0.4 is 10.2 Å². The Kier molecular flexibility index (Phi) is 4.82. The van der Waals surface area contributed by atoms with Crippen molar-refractivity contribution in [2.75, 3.05) is 44.2 Å². The first-order valence-corrected chi connectivity index (χ1v) is 7.89. The van der Waals surface area contributed by atoms with Crippen molar-refractivity contribution in [2.45, 2.75) is 31.7 Å². The van der Waals surface area contributed by atoms with E-state index in [-0.39, 0.29) is 0 Å². The molecule has 1 aromatic heterocycles. The second kappa shape index (κ2) is 6.99. The third kappa shape index (κ3) is 3.67. The van der Waals surface area contributed by atoms with Crippen molar-refractivity contribution in [3.8, 4) is 0 Å². The molecule has 2 aliphatic rings. The van der Waals surface area contributed by atoms with Crippen molar-refractivity contribution < 1.29 is 0 Å². The predicted molar refractivity (Wildman–Crippen MR) is 80.9 cm³/mol. The number of hydrogen-bond acceptors (Lipinski definition) is 5. The number of hydrogen-bond donors (Lipinski definition) is 1. The molecule has 3 rings (SSSR count). The molecule has 1 aliphatic heterocycles. The molecule has 1 saturated carbocycles. The van der Waals surface area contributed by atoms with Gasteiger partial charge in [-0.15, -0.1) is 0 Å². The van der Waals surface area contributed by atoms with Crippen molar-refractivity contribution in [3.05, 3.63) is 18.5 Å². The van der Waals surface area contributed by atoms with Crippen LogP contribution in [0.4, 0.5) is 5.95 Å². The van der Waals surface area contributed by atoms with Gasteiger partial charge in [0.25, 0.3) is 0 Å². The summed E-state index contributed by atoms with van der Waals surface area (Å²) in [5.74, 6) is 0.872. The maximum atomic E-state index is 4.33. The maximum Gasteiger partial charge on any atom is 0.225 e. The zero-order valence-electron chi connectivity index (χ0n) is 12.2. The molecule has 0 atom stereocenters. The van der Waals surface area contributed by atoms with Crippen molar-refractivity contribution in [1.82, 2.24) is 20.2 Å². The number of rotatable bonds is 5. The number of aromatic nitrogens is 2.